The van der Waals surface area contributed by atoms with Crippen molar-refractivity contribution in [3.8, 4) is 17.1 Å². The molecule has 0 atom stereocenters. The highest BCUT2D eigenvalue weighted by atomic mass is 16.5. The van der Waals surface area contributed by atoms with Gasteiger partial charge in [-0.05, 0) is 79.1 Å². The van der Waals surface area contributed by atoms with Crippen molar-refractivity contribution in [2.45, 2.75) is 89.9 Å². The lowest BCUT2D eigenvalue weighted by atomic mass is 9.84. The maximum absolute atomic E-state index is 12.6. The van der Waals surface area contributed by atoms with Gasteiger partial charge >= 0.3 is 5.97 Å². The zero-order valence-electron chi connectivity index (χ0n) is 21.0. The van der Waals surface area contributed by atoms with Crippen LogP contribution in [0.2, 0.25) is 0 Å². The summed E-state index contributed by atoms with van der Waals surface area (Å²) in [5, 5.41) is 0. The first-order valence-electron chi connectivity index (χ1n) is 13.5. The summed E-state index contributed by atoms with van der Waals surface area (Å²) in [7, 11) is 0. The number of rotatable bonds is 11. The molecular weight excluding hydrogens is 432 g/mol. The molecule has 0 N–H and O–H groups in total. The van der Waals surface area contributed by atoms with Gasteiger partial charge in [-0.2, -0.15) is 0 Å². The predicted molar refractivity (Wildman–Crippen MR) is 142 cm³/mol. The highest BCUT2D eigenvalue weighted by Crippen LogP contribution is 2.32. The lowest BCUT2D eigenvalue weighted by Gasteiger charge is -2.21. The standard InChI is InChI=1S/C31H38N2O2/c1-2-3-4-5-6-8-11-24-22-32-30(33-23-24)27-18-20-29(21-19-27)35-31(34)28-16-14-26(15-17-28)25-12-9-7-10-13-25/h14-23,25H,2-13H2,1H3. The molecule has 1 saturated carbocycles. The molecule has 1 heterocycles. The van der Waals surface area contributed by atoms with Crippen LogP contribution >= 0.6 is 0 Å². The van der Waals surface area contributed by atoms with Crippen LogP contribution in [0.5, 0.6) is 5.75 Å². The van der Waals surface area contributed by atoms with Gasteiger partial charge in [0.2, 0.25) is 0 Å². The maximum atomic E-state index is 12.6. The van der Waals surface area contributed by atoms with Gasteiger partial charge in [-0.25, -0.2) is 14.8 Å². The summed E-state index contributed by atoms with van der Waals surface area (Å²) < 4.78 is 5.60. The zero-order chi connectivity index (χ0) is 24.3. The number of aryl methyl sites for hydroxylation is 1. The second-order valence-corrected chi connectivity index (χ2v) is 9.80. The molecule has 0 bridgehead atoms. The Morgan fingerprint density at radius 3 is 2.17 bits per heavy atom. The van der Waals surface area contributed by atoms with Crippen LogP contribution in [-0.2, 0) is 6.42 Å². The van der Waals surface area contributed by atoms with Crippen molar-refractivity contribution in [1.82, 2.24) is 9.97 Å². The first kappa shape index (κ1) is 25.1. The Morgan fingerprint density at radius 1 is 0.829 bits per heavy atom. The number of unbranched alkanes of at least 4 members (excludes halogenated alkanes) is 5. The van der Waals surface area contributed by atoms with E-state index in [1.807, 2.05) is 36.7 Å². The zero-order valence-corrected chi connectivity index (χ0v) is 21.0. The van der Waals surface area contributed by atoms with Gasteiger partial charge in [0.15, 0.2) is 5.82 Å². The molecule has 0 spiro atoms. The normalized spacial score (nSPS) is 14.1. The van der Waals surface area contributed by atoms with Crippen LogP contribution in [0.25, 0.3) is 11.4 Å². The van der Waals surface area contributed by atoms with Gasteiger partial charge in [0, 0.05) is 18.0 Å². The van der Waals surface area contributed by atoms with Crippen LogP contribution in [0.3, 0.4) is 0 Å². The molecule has 1 aromatic heterocycles. The number of hydrogen-bond acceptors (Lipinski definition) is 4. The van der Waals surface area contributed by atoms with E-state index in [-0.39, 0.29) is 5.97 Å². The van der Waals surface area contributed by atoms with Crippen molar-refractivity contribution in [1.29, 1.82) is 0 Å². The molecule has 4 nitrogen and oxygen atoms in total. The van der Waals surface area contributed by atoms with E-state index in [9.17, 15) is 4.79 Å². The minimum absolute atomic E-state index is 0.330. The Bertz CT molecular complexity index is 1040. The molecule has 0 amide bonds. The summed E-state index contributed by atoms with van der Waals surface area (Å²) in [5.74, 6) is 1.51. The van der Waals surface area contributed by atoms with Gasteiger partial charge in [0.05, 0.1) is 5.56 Å². The summed E-state index contributed by atoms with van der Waals surface area (Å²) in [6.07, 6.45) is 19.1. The van der Waals surface area contributed by atoms with Crippen LogP contribution in [0, 0.1) is 0 Å². The van der Waals surface area contributed by atoms with Crippen LogP contribution < -0.4 is 4.74 Å². The third-order valence-corrected chi connectivity index (χ3v) is 7.07. The maximum Gasteiger partial charge on any atom is 0.343 e. The van der Waals surface area contributed by atoms with Gasteiger partial charge in [-0.3, -0.25) is 0 Å². The van der Waals surface area contributed by atoms with E-state index in [1.54, 1.807) is 12.1 Å². The highest BCUT2D eigenvalue weighted by Gasteiger charge is 2.16. The van der Waals surface area contributed by atoms with Gasteiger partial charge in [-0.15, -0.1) is 0 Å². The highest BCUT2D eigenvalue weighted by molar-refractivity contribution is 5.91. The number of carbonyl (C=O) groups is 1. The predicted octanol–water partition coefficient (Wildman–Crippen LogP) is 8.31. The van der Waals surface area contributed by atoms with Crippen molar-refractivity contribution in [2.75, 3.05) is 0 Å². The first-order valence-corrected chi connectivity index (χ1v) is 13.5. The average Bonchev–Trinajstić information content (AvgIpc) is 2.92. The van der Waals surface area contributed by atoms with E-state index >= 15 is 0 Å². The fourth-order valence-corrected chi connectivity index (χ4v) is 4.91. The van der Waals surface area contributed by atoms with E-state index in [0.29, 0.717) is 23.1 Å². The molecule has 1 aliphatic carbocycles. The molecule has 184 valence electrons. The van der Waals surface area contributed by atoms with E-state index in [1.165, 1.54) is 81.8 Å². The number of hydrogen-bond donors (Lipinski definition) is 0. The monoisotopic (exact) mass is 470 g/mol. The Kier molecular flexibility index (Phi) is 9.45. The summed E-state index contributed by atoms with van der Waals surface area (Å²) in [6, 6.07) is 15.4. The van der Waals surface area contributed by atoms with Gasteiger partial charge in [0.25, 0.3) is 0 Å². The molecule has 2 aromatic carbocycles. The minimum Gasteiger partial charge on any atom is -0.423 e. The second-order valence-electron chi connectivity index (χ2n) is 9.80. The molecule has 1 fully saturated rings. The quantitative estimate of drug-likeness (QED) is 0.161. The van der Waals surface area contributed by atoms with Gasteiger partial charge in [0.1, 0.15) is 5.75 Å². The SMILES string of the molecule is CCCCCCCCc1cnc(-c2ccc(OC(=O)c3ccc(C4CCCCC4)cc3)cc2)nc1. The molecular formula is C31H38N2O2. The number of carbonyl (C=O) groups excluding carboxylic acids is 1. The van der Waals surface area contributed by atoms with Crippen LogP contribution in [-0.4, -0.2) is 15.9 Å². The molecule has 4 heteroatoms. The lowest BCUT2D eigenvalue weighted by molar-refractivity contribution is 0.0734. The topological polar surface area (TPSA) is 52.1 Å². The van der Waals surface area contributed by atoms with Crippen molar-refractivity contribution < 1.29 is 9.53 Å². The Hall–Kier alpha value is -3.01. The molecule has 35 heavy (non-hydrogen) atoms. The second kappa shape index (κ2) is 13.2. The molecule has 0 unspecified atom stereocenters. The van der Waals surface area contributed by atoms with E-state index in [2.05, 4.69) is 29.0 Å². The number of ether oxygens (including phenoxy) is 1. The number of aromatic nitrogens is 2. The molecule has 0 saturated heterocycles. The number of esters is 1. The molecule has 0 aliphatic heterocycles. The summed E-state index contributed by atoms with van der Waals surface area (Å²) in [4.78, 5) is 21.7. The van der Waals surface area contributed by atoms with Crippen LogP contribution in [0.1, 0.15) is 105 Å². The minimum atomic E-state index is -0.330. The van der Waals surface area contributed by atoms with Crippen molar-refractivity contribution in [2.24, 2.45) is 0 Å². The third kappa shape index (κ3) is 7.48. The lowest BCUT2D eigenvalue weighted by Crippen LogP contribution is -2.09. The Balaban J connectivity index is 1.27. The third-order valence-electron chi connectivity index (χ3n) is 7.07. The van der Waals surface area contributed by atoms with E-state index < -0.39 is 0 Å². The Labute approximate surface area is 210 Å². The Morgan fingerprint density at radius 2 is 1.49 bits per heavy atom. The van der Waals surface area contributed by atoms with Crippen molar-refractivity contribution in [3.05, 3.63) is 77.6 Å². The van der Waals surface area contributed by atoms with Gasteiger partial charge < -0.3 is 4.74 Å². The molecule has 3 aromatic rings. The van der Waals surface area contributed by atoms with Crippen LogP contribution in [0.15, 0.2) is 60.9 Å². The fourth-order valence-electron chi connectivity index (χ4n) is 4.91. The molecule has 1 aliphatic rings. The smallest absolute Gasteiger partial charge is 0.343 e. The number of nitrogens with zero attached hydrogens (tertiary/aromatic N) is 2. The first-order chi connectivity index (χ1) is 17.2. The fraction of sp³-hybridized carbons (Fsp3) is 0.452. The number of benzene rings is 2. The summed E-state index contributed by atoms with van der Waals surface area (Å²) in [6.45, 7) is 2.25. The molecule has 0 radical (unpaired) electrons. The largest absolute Gasteiger partial charge is 0.423 e. The van der Waals surface area contributed by atoms with E-state index in [4.69, 9.17) is 4.74 Å². The van der Waals surface area contributed by atoms with Crippen molar-refractivity contribution in [3.63, 3.8) is 0 Å². The average molecular weight is 471 g/mol. The van der Waals surface area contributed by atoms with E-state index in [0.717, 1.165) is 12.0 Å². The summed E-state index contributed by atoms with van der Waals surface area (Å²) in [5.41, 5.74) is 4.01. The van der Waals surface area contributed by atoms with Crippen molar-refractivity contribution >= 4 is 5.97 Å². The summed E-state index contributed by atoms with van der Waals surface area (Å²) >= 11 is 0. The van der Waals surface area contributed by atoms with Gasteiger partial charge in [-0.1, -0.05) is 70.4 Å². The molecule has 4 rings (SSSR count). The van der Waals surface area contributed by atoms with Crippen LogP contribution in [0.4, 0.5) is 0 Å².